The summed E-state index contributed by atoms with van der Waals surface area (Å²) in [5.74, 6) is -0.615. The van der Waals surface area contributed by atoms with Gasteiger partial charge in [0.25, 0.3) is 15.9 Å². The zero-order valence-electron chi connectivity index (χ0n) is 21.8. The number of carbonyl (C=O) groups is 2. The number of carbonyl (C=O) groups excluding carboxylic acids is 2. The number of ether oxygens (including phenoxy) is 2. The molecule has 1 N–H and O–H groups in total. The van der Waals surface area contributed by atoms with Gasteiger partial charge in [-0.3, -0.25) is 9.10 Å². The lowest BCUT2D eigenvalue weighted by molar-refractivity contribution is 0.0526. The second kappa shape index (κ2) is 12.7. The van der Waals surface area contributed by atoms with Gasteiger partial charge < -0.3 is 14.8 Å². The molecule has 0 aliphatic rings. The molecule has 0 aliphatic heterocycles. The number of esters is 1. The lowest BCUT2D eigenvalue weighted by Gasteiger charge is -2.26. The predicted octanol–water partition coefficient (Wildman–Crippen LogP) is 6.17. The third kappa shape index (κ3) is 6.44. The molecule has 0 heterocycles. The number of para-hydroxylation sites is 1. The first kappa shape index (κ1) is 28.7. The zero-order valence-corrected chi connectivity index (χ0v) is 23.4. The van der Waals surface area contributed by atoms with Gasteiger partial charge in [0.2, 0.25) is 0 Å². The highest BCUT2D eigenvalue weighted by Gasteiger charge is 2.29. The molecule has 40 heavy (non-hydrogen) atoms. The summed E-state index contributed by atoms with van der Waals surface area (Å²) in [4.78, 5) is 25.6. The Hall–Kier alpha value is -4.34. The summed E-state index contributed by atoms with van der Waals surface area (Å²) in [6.45, 7) is 1.87. The Morgan fingerprint density at radius 2 is 1.55 bits per heavy atom. The summed E-state index contributed by atoms with van der Waals surface area (Å²) >= 11 is 6.26. The fraction of sp³-hybridized carbons (Fsp3) is 0.133. The molecule has 4 aromatic carbocycles. The largest absolute Gasteiger partial charge is 0.497 e. The van der Waals surface area contributed by atoms with Crippen molar-refractivity contribution in [2.24, 2.45) is 0 Å². The van der Waals surface area contributed by atoms with Gasteiger partial charge in [0.05, 0.1) is 47.0 Å². The molecule has 0 radical (unpaired) electrons. The molecule has 8 nitrogen and oxygen atoms in total. The molecule has 0 saturated carbocycles. The van der Waals surface area contributed by atoms with Crippen molar-refractivity contribution in [3.8, 4) is 5.75 Å². The number of nitrogens with one attached hydrogen (secondary N) is 1. The Labute approximate surface area is 238 Å². The lowest BCUT2D eigenvalue weighted by atomic mass is 10.1. The van der Waals surface area contributed by atoms with E-state index < -0.39 is 21.9 Å². The van der Waals surface area contributed by atoms with Crippen molar-refractivity contribution >= 4 is 44.9 Å². The van der Waals surface area contributed by atoms with Crippen LogP contribution in [0.1, 0.15) is 33.2 Å². The Morgan fingerprint density at radius 1 is 0.875 bits per heavy atom. The topological polar surface area (TPSA) is 102 Å². The molecule has 0 atom stereocenters. The average Bonchev–Trinajstić information content (AvgIpc) is 2.96. The number of nitrogens with zero attached hydrogens (tertiary/aromatic N) is 1. The minimum absolute atomic E-state index is 0.0143. The molecule has 206 valence electrons. The maximum atomic E-state index is 14.0. The van der Waals surface area contributed by atoms with Crippen LogP contribution in [0.5, 0.6) is 5.75 Å². The predicted molar refractivity (Wildman–Crippen MR) is 155 cm³/mol. The summed E-state index contributed by atoms with van der Waals surface area (Å²) in [7, 11) is -2.61. The average molecular weight is 579 g/mol. The van der Waals surface area contributed by atoms with E-state index in [4.69, 9.17) is 21.1 Å². The van der Waals surface area contributed by atoms with E-state index >= 15 is 0 Å². The smallest absolute Gasteiger partial charge is 0.339 e. The lowest BCUT2D eigenvalue weighted by Crippen LogP contribution is -2.32. The quantitative estimate of drug-likeness (QED) is 0.226. The number of rotatable bonds is 10. The number of hydrogen-bond acceptors (Lipinski definition) is 6. The molecule has 0 aromatic heterocycles. The Kier molecular flexibility index (Phi) is 9.08. The van der Waals surface area contributed by atoms with Crippen LogP contribution in [-0.2, 0) is 21.3 Å². The maximum Gasteiger partial charge on any atom is 0.339 e. The molecule has 0 aliphatic carbocycles. The van der Waals surface area contributed by atoms with Gasteiger partial charge in [-0.25, -0.2) is 13.2 Å². The highest BCUT2D eigenvalue weighted by molar-refractivity contribution is 7.92. The van der Waals surface area contributed by atoms with Crippen molar-refractivity contribution in [2.75, 3.05) is 23.3 Å². The summed E-state index contributed by atoms with van der Waals surface area (Å²) in [6, 6.07) is 26.0. The summed E-state index contributed by atoms with van der Waals surface area (Å²) in [5.41, 5.74) is 1.54. The van der Waals surface area contributed by atoms with E-state index in [0.717, 1.165) is 5.56 Å². The number of anilines is 2. The van der Waals surface area contributed by atoms with Crippen LogP contribution in [0.25, 0.3) is 0 Å². The van der Waals surface area contributed by atoms with Crippen LogP contribution in [0.4, 0.5) is 11.4 Å². The molecule has 0 unspecified atom stereocenters. The molecule has 10 heteroatoms. The van der Waals surface area contributed by atoms with Crippen molar-refractivity contribution in [1.82, 2.24) is 0 Å². The minimum Gasteiger partial charge on any atom is -0.497 e. The number of hydrogen-bond donors (Lipinski definition) is 1. The van der Waals surface area contributed by atoms with E-state index in [9.17, 15) is 18.0 Å². The van der Waals surface area contributed by atoms with Crippen molar-refractivity contribution < 1.29 is 27.5 Å². The first-order valence-electron chi connectivity index (χ1n) is 12.3. The molecule has 0 saturated heterocycles. The maximum absolute atomic E-state index is 14.0. The zero-order chi connectivity index (χ0) is 28.7. The first-order chi connectivity index (χ1) is 19.2. The van der Waals surface area contributed by atoms with Gasteiger partial charge in [0.15, 0.2) is 0 Å². The van der Waals surface area contributed by atoms with Gasteiger partial charge in [-0.2, -0.15) is 0 Å². The van der Waals surface area contributed by atoms with E-state index in [1.54, 1.807) is 43.3 Å². The minimum atomic E-state index is -4.11. The molecule has 0 bridgehead atoms. The highest BCUT2D eigenvalue weighted by atomic mass is 35.5. The van der Waals surface area contributed by atoms with Gasteiger partial charge in [-0.05, 0) is 67.1 Å². The summed E-state index contributed by atoms with van der Waals surface area (Å²) < 4.78 is 39.3. The highest BCUT2D eigenvalue weighted by Crippen LogP contribution is 2.31. The molecule has 1 amide bonds. The van der Waals surface area contributed by atoms with Gasteiger partial charge in [0.1, 0.15) is 5.75 Å². The van der Waals surface area contributed by atoms with Crippen LogP contribution >= 0.6 is 11.6 Å². The fourth-order valence-electron chi connectivity index (χ4n) is 3.97. The van der Waals surface area contributed by atoms with Crippen LogP contribution in [0.15, 0.2) is 102 Å². The molecule has 0 fully saturated rings. The number of benzene rings is 4. The Bertz CT molecular complexity index is 1610. The SMILES string of the molecule is CCOC(=O)c1ccc(NC(=O)c2ccccc2N(Cc2ccccc2)S(=O)(=O)c2ccc(OC)cc2)cc1Cl. The van der Waals surface area contributed by atoms with E-state index in [1.165, 1.54) is 41.7 Å². The number of halogens is 1. The van der Waals surface area contributed by atoms with Gasteiger partial charge in [-0.15, -0.1) is 0 Å². The number of methoxy groups -OCH3 is 1. The summed E-state index contributed by atoms with van der Waals surface area (Å²) in [5, 5.41) is 2.86. The number of amides is 1. The van der Waals surface area contributed by atoms with Crippen LogP contribution in [0.2, 0.25) is 5.02 Å². The monoisotopic (exact) mass is 578 g/mol. The second-order valence-corrected chi connectivity index (χ2v) is 10.8. The second-order valence-electron chi connectivity index (χ2n) is 8.56. The van der Waals surface area contributed by atoms with Gasteiger partial charge >= 0.3 is 5.97 Å². The fourth-order valence-corrected chi connectivity index (χ4v) is 5.70. The Morgan fingerprint density at radius 3 is 2.20 bits per heavy atom. The van der Waals surface area contributed by atoms with E-state index in [2.05, 4.69) is 5.32 Å². The molecule has 4 rings (SSSR count). The van der Waals surface area contributed by atoms with E-state index in [1.807, 2.05) is 30.3 Å². The van der Waals surface area contributed by atoms with Crippen molar-refractivity contribution in [3.63, 3.8) is 0 Å². The van der Waals surface area contributed by atoms with Gasteiger partial charge in [0, 0.05) is 5.69 Å². The third-order valence-corrected chi connectivity index (χ3v) is 8.04. The molecule has 0 spiro atoms. The molecular formula is C30H27ClN2O6S. The van der Waals surface area contributed by atoms with Crippen molar-refractivity contribution in [2.45, 2.75) is 18.4 Å². The van der Waals surface area contributed by atoms with Crippen LogP contribution < -0.4 is 14.4 Å². The summed E-state index contributed by atoms with van der Waals surface area (Å²) in [6.07, 6.45) is 0. The van der Waals surface area contributed by atoms with Crippen molar-refractivity contribution in [3.05, 3.63) is 119 Å². The van der Waals surface area contributed by atoms with Crippen LogP contribution in [0, 0.1) is 0 Å². The van der Waals surface area contributed by atoms with E-state index in [-0.39, 0.29) is 39.9 Å². The number of sulfonamides is 1. The molecule has 4 aromatic rings. The standard InChI is InChI=1S/C30H27ClN2O6S/c1-3-39-30(35)25-18-13-22(19-27(25)31)32-29(34)26-11-7-8-12-28(26)33(20-21-9-5-4-6-10-21)40(36,37)24-16-14-23(38-2)15-17-24/h4-19H,3,20H2,1-2H3,(H,32,34). The normalized spacial score (nSPS) is 11.0. The Balaban J connectivity index is 1.72. The van der Waals surface area contributed by atoms with Crippen molar-refractivity contribution in [1.29, 1.82) is 0 Å². The van der Waals surface area contributed by atoms with E-state index in [0.29, 0.717) is 11.4 Å². The van der Waals surface area contributed by atoms with Crippen LogP contribution in [0.3, 0.4) is 0 Å². The first-order valence-corrected chi connectivity index (χ1v) is 14.1. The third-order valence-electron chi connectivity index (χ3n) is 5.96. The van der Waals surface area contributed by atoms with Crippen LogP contribution in [-0.4, -0.2) is 34.0 Å². The molecular weight excluding hydrogens is 552 g/mol. The van der Waals surface area contributed by atoms with Gasteiger partial charge in [-0.1, -0.05) is 54.1 Å².